The Hall–Kier alpha value is -5.68. The van der Waals surface area contributed by atoms with Crippen LogP contribution in [0.4, 0.5) is 0 Å². The lowest BCUT2D eigenvalue weighted by Crippen LogP contribution is -2.08. The summed E-state index contributed by atoms with van der Waals surface area (Å²) in [7, 11) is 0. The zero-order valence-electron chi connectivity index (χ0n) is 26.4. The lowest BCUT2D eigenvalue weighted by atomic mass is 9.90. The van der Waals surface area contributed by atoms with E-state index in [4.69, 9.17) is 9.47 Å². The number of rotatable bonds is 9. The topological polar surface area (TPSA) is 58.9 Å². The summed E-state index contributed by atoms with van der Waals surface area (Å²) in [4.78, 5) is 0. The lowest BCUT2D eigenvalue weighted by molar-refractivity contribution is 0.179. The van der Waals surface area contributed by atoms with E-state index >= 15 is 0 Å². The first-order valence-electron chi connectivity index (χ1n) is 16.3. The van der Waals surface area contributed by atoms with Crippen molar-refractivity contribution in [2.75, 3.05) is 26.4 Å². The van der Waals surface area contributed by atoms with Crippen LogP contribution >= 0.6 is 0 Å². The van der Waals surface area contributed by atoms with Gasteiger partial charge in [0.05, 0.1) is 13.2 Å². The van der Waals surface area contributed by atoms with Crippen LogP contribution < -0.4 is 9.47 Å². The van der Waals surface area contributed by atoms with Gasteiger partial charge in [-0.3, -0.25) is 0 Å². The first-order chi connectivity index (χ1) is 23.7. The van der Waals surface area contributed by atoms with Crippen molar-refractivity contribution in [1.29, 1.82) is 0 Å². The second-order valence-corrected chi connectivity index (χ2v) is 12.0. The third kappa shape index (κ3) is 5.51. The molecular formula is C44H34O4. The highest BCUT2D eigenvalue weighted by Crippen LogP contribution is 2.47. The van der Waals surface area contributed by atoms with E-state index in [2.05, 4.69) is 140 Å². The molecule has 0 atom stereocenters. The van der Waals surface area contributed by atoms with Crippen LogP contribution in [0.15, 0.2) is 146 Å². The van der Waals surface area contributed by atoms with Crippen LogP contribution in [0.3, 0.4) is 0 Å². The third-order valence-electron chi connectivity index (χ3n) is 9.06. The zero-order valence-corrected chi connectivity index (χ0v) is 26.4. The molecular weight excluding hydrogens is 592 g/mol. The van der Waals surface area contributed by atoms with Gasteiger partial charge in [-0.25, -0.2) is 0 Å². The molecule has 8 rings (SSSR count). The van der Waals surface area contributed by atoms with Gasteiger partial charge in [0.2, 0.25) is 0 Å². The molecule has 0 unspecified atom stereocenters. The normalized spacial score (nSPS) is 11.5. The summed E-state index contributed by atoms with van der Waals surface area (Å²) >= 11 is 0. The molecule has 4 nitrogen and oxygen atoms in total. The monoisotopic (exact) mass is 626 g/mol. The van der Waals surface area contributed by atoms with Gasteiger partial charge in [-0.2, -0.15) is 0 Å². The van der Waals surface area contributed by atoms with Gasteiger partial charge in [-0.05, 0) is 101 Å². The maximum atomic E-state index is 9.78. The maximum Gasteiger partial charge on any atom is 0.169 e. The summed E-state index contributed by atoms with van der Waals surface area (Å²) < 4.78 is 12.4. The van der Waals surface area contributed by atoms with Crippen molar-refractivity contribution < 1.29 is 19.7 Å². The van der Waals surface area contributed by atoms with Crippen molar-refractivity contribution in [1.82, 2.24) is 0 Å². The van der Waals surface area contributed by atoms with Gasteiger partial charge < -0.3 is 19.7 Å². The number of hydrogen-bond acceptors (Lipinski definition) is 4. The van der Waals surface area contributed by atoms with E-state index in [9.17, 15) is 10.2 Å². The van der Waals surface area contributed by atoms with Gasteiger partial charge in [0.1, 0.15) is 13.2 Å². The van der Waals surface area contributed by atoms with Gasteiger partial charge in [-0.1, -0.05) is 115 Å². The third-order valence-corrected chi connectivity index (χ3v) is 9.06. The molecule has 0 aromatic heterocycles. The molecule has 0 saturated heterocycles. The minimum Gasteiger partial charge on any atom is -0.487 e. The van der Waals surface area contributed by atoms with Crippen molar-refractivity contribution >= 4 is 43.1 Å². The van der Waals surface area contributed by atoms with Gasteiger partial charge >= 0.3 is 0 Å². The summed E-state index contributed by atoms with van der Waals surface area (Å²) in [6, 6.07) is 51.3. The number of fused-ring (bicyclic) bond motifs is 4. The molecule has 0 fully saturated rings. The lowest BCUT2D eigenvalue weighted by Gasteiger charge is -2.20. The molecule has 8 aromatic rings. The van der Waals surface area contributed by atoms with Gasteiger partial charge in [0, 0.05) is 5.56 Å². The van der Waals surface area contributed by atoms with Gasteiger partial charge in [-0.15, -0.1) is 0 Å². The highest BCUT2D eigenvalue weighted by atomic mass is 16.5. The van der Waals surface area contributed by atoms with E-state index in [1.54, 1.807) is 0 Å². The van der Waals surface area contributed by atoms with Gasteiger partial charge in [0.15, 0.2) is 11.5 Å². The second-order valence-electron chi connectivity index (χ2n) is 12.0. The van der Waals surface area contributed by atoms with Crippen molar-refractivity contribution in [3.05, 3.63) is 146 Å². The maximum absolute atomic E-state index is 9.78. The highest BCUT2D eigenvalue weighted by Gasteiger charge is 2.21. The second kappa shape index (κ2) is 12.8. The summed E-state index contributed by atoms with van der Waals surface area (Å²) in [5.74, 6) is 1.08. The van der Waals surface area contributed by atoms with Crippen LogP contribution in [0.25, 0.3) is 76.5 Å². The Morgan fingerprint density at radius 1 is 0.396 bits per heavy atom. The van der Waals surface area contributed by atoms with Crippen molar-refractivity contribution in [2.45, 2.75) is 0 Å². The zero-order chi connectivity index (χ0) is 32.5. The SMILES string of the molecule is OCCOc1cc2cc(-c3ccc4ccccc4c3)ccc2c(-c2cccc3cc(-c4ccc5ccccc5c4)ccc23)c1OCCO. The Morgan fingerprint density at radius 3 is 1.52 bits per heavy atom. The van der Waals surface area contributed by atoms with Crippen LogP contribution in [0.2, 0.25) is 0 Å². The molecule has 234 valence electrons. The van der Waals surface area contributed by atoms with Crippen LogP contribution in [0.5, 0.6) is 11.5 Å². The van der Waals surface area contributed by atoms with Crippen LogP contribution in [0, 0.1) is 0 Å². The van der Waals surface area contributed by atoms with Gasteiger partial charge in [0.25, 0.3) is 0 Å². The predicted octanol–water partition coefficient (Wildman–Crippen LogP) is 10.0. The molecule has 0 radical (unpaired) electrons. The Kier molecular flexibility index (Phi) is 7.95. The number of aliphatic hydroxyl groups is 2. The number of aliphatic hydroxyl groups excluding tert-OH is 2. The van der Waals surface area contributed by atoms with Crippen molar-refractivity contribution in [2.24, 2.45) is 0 Å². The fourth-order valence-corrected chi connectivity index (χ4v) is 6.78. The van der Waals surface area contributed by atoms with Crippen molar-refractivity contribution in [3.63, 3.8) is 0 Å². The predicted molar refractivity (Wildman–Crippen MR) is 198 cm³/mol. The molecule has 2 N–H and O–H groups in total. The van der Waals surface area contributed by atoms with E-state index in [-0.39, 0.29) is 26.4 Å². The molecule has 0 spiro atoms. The average Bonchev–Trinajstić information content (AvgIpc) is 3.14. The molecule has 0 saturated carbocycles. The number of benzene rings is 8. The fraction of sp³-hybridized carbons (Fsp3) is 0.0909. The Labute approximate surface area is 279 Å². The molecule has 0 bridgehead atoms. The van der Waals surface area contributed by atoms with Crippen molar-refractivity contribution in [3.8, 4) is 44.9 Å². The Balaban J connectivity index is 1.32. The standard InChI is InChI=1S/C44H34O4/c45-20-22-47-42-28-38-27-36(34-15-13-30-7-2-4-9-32(30)25-34)17-19-40(38)43(44(42)48-23-21-46)41-11-5-10-37-26-35(16-18-39(37)41)33-14-12-29-6-1-3-8-31(29)24-33/h1-19,24-28,45-46H,20-23H2. The summed E-state index contributed by atoms with van der Waals surface area (Å²) in [5.41, 5.74) is 6.42. The summed E-state index contributed by atoms with van der Waals surface area (Å²) in [6.45, 7) is -0.0340. The van der Waals surface area contributed by atoms with Crippen LogP contribution in [0.1, 0.15) is 0 Å². The highest BCUT2D eigenvalue weighted by molar-refractivity contribution is 6.10. The first-order valence-corrected chi connectivity index (χ1v) is 16.3. The molecule has 0 heterocycles. The first kappa shape index (κ1) is 29.7. The largest absolute Gasteiger partial charge is 0.487 e. The van der Waals surface area contributed by atoms with E-state index in [1.807, 2.05) is 6.07 Å². The molecule has 48 heavy (non-hydrogen) atoms. The molecule has 0 aliphatic heterocycles. The summed E-state index contributed by atoms with van der Waals surface area (Å²) in [5, 5.41) is 28.5. The minimum atomic E-state index is -0.136. The van der Waals surface area contributed by atoms with E-state index in [0.717, 1.165) is 49.4 Å². The molecule has 4 heteroatoms. The van der Waals surface area contributed by atoms with Crippen LogP contribution in [-0.4, -0.2) is 36.6 Å². The molecule has 0 aliphatic carbocycles. The van der Waals surface area contributed by atoms with E-state index < -0.39 is 0 Å². The Bertz CT molecular complexity index is 2450. The molecule has 0 aliphatic rings. The smallest absolute Gasteiger partial charge is 0.169 e. The average molecular weight is 627 g/mol. The van der Waals surface area contributed by atoms with E-state index in [1.165, 1.54) is 27.1 Å². The van der Waals surface area contributed by atoms with E-state index in [0.29, 0.717) is 11.5 Å². The fourth-order valence-electron chi connectivity index (χ4n) is 6.78. The molecule has 0 amide bonds. The Morgan fingerprint density at radius 2 is 0.896 bits per heavy atom. The molecule has 8 aromatic carbocycles. The van der Waals surface area contributed by atoms with Crippen LogP contribution in [-0.2, 0) is 0 Å². The number of hydrogen-bond donors (Lipinski definition) is 2. The quantitative estimate of drug-likeness (QED) is 0.167. The minimum absolute atomic E-state index is 0.111. The summed E-state index contributed by atoms with van der Waals surface area (Å²) in [6.07, 6.45) is 0. The number of ether oxygens (including phenoxy) is 2.